The van der Waals surface area contributed by atoms with Gasteiger partial charge in [-0.25, -0.2) is 26.9 Å². The van der Waals surface area contributed by atoms with Crippen LogP contribution in [0.25, 0.3) is 0 Å². The number of carbonyl (C=O) groups is 1. The Bertz CT molecular complexity index is 1120. The number of hydrogen-bond acceptors (Lipinski definition) is 4. The van der Waals surface area contributed by atoms with Crippen molar-refractivity contribution >= 4 is 21.6 Å². The fraction of sp³-hybridized carbons (Fsp3) is 0.143. The van der Waals surface area contributed by atoms with Crippen LogP contribution in [-0.2, 0) is 21.2 Å². The molecule has 0 saturated carbocycles. The normalized spacial score (nSPS) is 15.2. The molecule has 0 saturated heterocycles. The maximum Gasteiger partial charge on any atom is 0.283 e. The lowest BCUT2D eigenvalue weighted by Crippen LogP contribution is -2.33. The van der Waals surface area contributed by atoms with Crippen LogP contribution in [0.3, 0.4) is 0 Å². The lowest BCUT2D eigenvalue weighted by molar-refractivity contribution is -0.115. The number of amides is 1. The molecule has 0 aliphatic carbocycles. The van der Waals surface area contributed by atoms with Crippen LogP contribution in [0.5, 0.6) is 0 Å². The molecule has 150 valence electrons. The van der Waals surface area contributed by atoms with Gasteiger partial charge in [0.25, 0.3) is 5.91 Å². The van der Waals surface area contributed by atoms with E-state index in [9.17, 15) is 22.0 Å². The molecule has 1 aliphatic heterocycles. The Morgan fingerprint density at radius 3 is 2.34 bits per heavy atom. The highest BCUT2D eigenvalue weighted by molar-refractivity contribution is 7.90. The second kappa shape index (κ2) is 8.48. The molecule has 2 aromatic carbocycles. The number of nitrogens with zero attached hydrogens (tertiary/aromatic N) is 1. The van der Waals surface area contributed by atoms with Gasteiger partial charge >= 0.3 is 0 Å². The number of benzene rings is 2. The molecule has 0 atom stereocenters. The predicted molar refractivity (Wildman–Crippen MR) is 107 cm³/mol. The fourth-order valence-electron chi connectivity index (χ4n) is 2.84. The van der Waals surface area contributed by atoms with Gasteiger partial charge in [-0.05, 0) is 42.7 Å². The summed E-state index contributed by atoms with van der Waals surface area (Å²) in [4.78, 5) is 16.4. The van der Waals surface area contributed by atoms with E-state index >= 15 is 0 Å². The summed E-state index contributed by atoms with van der Waals surface area (Å²) in [6.07, 6.45) is 3.07. The molecule has 1 heterocycles. The molecule has 5 nitrogen and oxygen atoms in total. The molecule has 1 N–H and O–H groups in total. The Labute approximate surface area is 167 Å². The molecular formula is C21H18F2N2O3S. The maximum atomic E-state index is 14.1. The van der Waals surface area contributed by atoms with Crippen LogP contribution in [-0.4, -0.2) is 25.8 Å². The topological polar surface area (TPSA) is 75.6 Å². The lowest BCUT2D eigenvalue weighted by atomic mass is 10.0. The van der Waals surface area contributed by atoms with Crippen molar-refractivity contribution in [2.75, 3.05) is 5.75 Å². The van der Waals surface area contributed by atoms with Gasteiger partial charge in [0, 0.05) is 0 Å². The Hall–Kier alpha value is -3.13. The van der Waals surface area contributed by atoms with E-state index in [1.807, 2.05) is 10.8 Å². The highest BCUT2D eigenvalue weighted by Crippen LogP contribution is 2.25. The summed E-state index contributed by atoms with van der Waals surface area (Å²) in [6, 6.07) is 12.4. The first-order valence-corrected chi connectivity index (χ1v) is 10.5. The van der Waals surface area contributed by atoms with Crippen LogP contribution >= 0.6 is 0 Å². The molecule has 8 heteroatoms. The second-order valence-corrected chi connectivity index (χ2v) is 8.16. The van der Waals surface area contributed by atoms with Crippen molar-refractivity contribution in [3.63, 3.8) is 0 Å². The first kappa shape index (κ1) is 20.6. The standard InChI is InChI=1S/C21H18F2N2O3S/c1-2-15-13-18(24-20(15)19-16(22)9-6-10-17(19)23)21(26)25-29(27,28)12-11-14-7-4-3-5-8-14/h2-10,13H,11-12H2,1H3,(H,25,26)/b15-2+. The third-order valence-corrected chi connectivity index (χ3v) is 5.53. The molecule has 0 fully saturated rings. The summed E-state index contributed by atoms with van der Waals surface area (Å²) in [6.45, 7) is 1.62. The highest BCUT2D eigenvalue weighted by atomic mass is 32.2. The Morgan fingerprint density at radius 1 is 1.07 bits per heavy atom. The van der Waals surface area contributed by atoms with Crippen LogP contribution in [0.2, 0.25) is 0 Å². The number of halogens is 2. The molecular weight excluding hydrogens is 398 g/mol. The van der Waals surface area contributed by atoms with E-state index in [0.29, 0.717) is 5.57 Å². The third kappa shape index (κ3) is 4.83. The summed E-state index contributed by atoms with van der Waals surface area (Å²) >= 11 is 0. The van der Waals surface area contributed by atoms with Crippen LogP contribution in [0.15, 0.2) is 76.9 Å². The molecule has 0 aromatic heterocycles. The zero-order valence-corrected chi connectivity index (χ0v) is 16.3. The number of rotatable bonds is 6. The number of aryl methyl sites for hydroxylation is 1. The molecule has 3 rings (SSSR count). The first-order valence-electron chi connectivity index (χ1n) is 8.81. The van der Waals surface area contributed by atoms with E-state index < -0.39 is 27.6 Å². The van der Waals surface area contributed by atoms with Gasteiger partial charge < -0.3 is 0 Å². The zero-order chi connectivity index (χ0) is 21.0. The largest absolute Gasteiger partial charge is 0.283 e. The van der Waals surface area contributed by atoms with E-state index in [0.717, 1.165) is 17.7 Å². The summed E-state index contributed by atoms with van der Waals surface area (Å²) in [5, 5.41) is 0. The van der Waals surface area contributed by atoms with Crippen molar-refractivity contribution in [1.29, 1.82) is 0 Å². The smallest absolute Gasteiger partial charge is 0.266 e. The van der Waals surface area contributed by atoms with Gasteiger partial charge in [0.1, 0.15) is 17.3 Å². The Kier molecular flexibility index (Phi) is 6.03. The summed E-state index contributed by atoms with van der Waals surface area (Å²) in [5.74, 6) is -2.89. The van der Waals surface area contributed by atoms with Gasteiger partial charge in [0.15, 0.2) is 0 Å². The average Bonchev–Trinajstić information content (AvgIpc) is 3.11. The van der Waals surface area contributed by atoms with E-state index in [2.05, 4.69) is 4.99 Å². The molecule has 1 aliphatic rings. The van der Waals surface area contributed by atoms with E-state index in [-0.39, 0.29) is 29.1 Å². The second-order valence-electron chi connectivity index (χ2n) is 6.32. The highest BCUT2D eigenvalue weighted by Gasteiger charge is 2.26. The molecule has 0 bridgehead atoms. The van der Waals surface area contributed by atoms with Crippen molar-refractivity contribution in [2.45, 2.75) is 13.3 Å². The number of aliphatic imine (C=N–C) groups is 1. The molecule has 0 unspecified atom stereocenters. The minimum absolute atomic E-state index is 0.0602. The van der Waals surface area contributed by atoms with Crippen molar-refractivity contribution in [3.8, 4) is 0 Å². The van der Waals surface area contributed by atoms with Gasteiger partial charge in [-0.1, -0.05) is 42.5 Å². The molecule has 0 spiro atoms. The van der Waals surface area contributed by atoms with E-state index in [1.54, 1.807) is 31.2 Å². The lowest BCUT2D eigenvalue weighted by Gasteiger charge is -2.07. The van der Waals surface area contributed by atoms with Crippen LogP contribution in [0, 0.1) is 11.6 Å². The third-order valence-electron chi connectivity index (χ3n) is 4.29. The molecule has 2 aromatic rings. The van der Waals surface area contributed by atoms with Gasteiger partial charge in [-0.15, -0.1) is 0 Å². The number of hydrogen-bond donors (Lipinski definition) is 1. The SMILES string of the molecule is C/C=C1\C=C(C(=O)NS(=O)(=O)CCc2ccccc2)N=C1c1c(F)cccc1F. The van der Waals surface area contributed by atoms with Crippen molar-refractivity contribution in [1.82, 2.24) is 4.72 Å². The molecule has 1 amide bonds. The molecule has 29 heavy (non-hydrogen) atoms. The maximum absolute atomic E-state index is 14.1. The quantitative estimate of drug-likeness (QED) is 0.785. The van der Waals surface area contributed by atoms with Crippen molar-refractivity contribution in [3.05, 3.63) is 94.7 Å². The summed E-state index contributed by atoms with van der Waals surface area (Å²) in [7, 11) is -3.92. The summed E-state index contributed by atoms with van der Waals surface area (Å²) in [5.41, 5.74) is 0.471. The monoisotopic (exact) mass is 416 g/mol. The number of allylic oxidation sites excluding steroid dienone is 3. The summed E-state index contributed by atoms with van der Waals surface area (Å²) < 4.78 is 54.6. The van der Waals surface area contributed by atoms with Gasteiger partial charge in [-0.2, -0.15) is 0 Å². The minimum Gasteiger partial charge on any atom is -0.266 e. The Morgan fingerprint density at radius 2 is 1.72 bits per heavy atom. The van der Waals surface area contributed by atoms with Gasteiger partial charge in [0.2, 0.25) is 10.0 Å². The van der Waals surface area contributed by atoms with Crippen molar-refractivity contribution in [2.24, 2.45) is 4.99 Å². The predicted octanol–water partition coefficient (Wildman–Crippen LogP) is 3.29. The van der Waals surface area contributed by atoms with Crippen LogP contribution in [0.4, 0.5) is 8.78 Å². The number of nitrogens with one attached hydrogen (secondary N) is 1. The Balaban J connectivity index is 1.78. The zero-order valence-electron chi connectivity index (χ0n) is 15.5. The van der Waals surface area contributed by atoms with Gasteiger partial charge in [-0.3, -0.25) is 4.79 Å². The molecule has 0 radical (unpaired) electrons. The van der Waals surface area contributed by atoms with Gasteiger partial charge in [0.05, 0.1) is 17.0 Å². The first-order chi connectivity index (χ1) is 13.8. The van der Waals surface area contributed by atoms with Crippen LogP contribution in [0.1, 0.15) is 18.1 Å². The fourth-order valence-corrected chi connectivity index (χ4v) is 3.83. The van der Waals surface area contributed by atoms with Crippen molar-refractivity contribution < 1.29 is 22.0 Å². The average molecular weight is 416 g/mol. The minimum atomic E-state index is -3.92. The van der Waals surface area contributed by atoms with E-state index in [4.69, 9.17) is 0 Å². The number of carbonyl (C=O) groups excluding carboxylic acids is 1. The van der Waals surface area contributed by atoms with Crippen LogP contribution < -0.4 is 4.72 Å². The van der Waals surface area contributed by atoms with E-state index in [1.165, 1.54) is 18.2 Å². The number of sulfonamides is 1.